The monoisotopic (exact) mass is 877 g/mol. The molecule has 1 saturated carbocycles. The molecule has 0 aliphatic heterocycles. The van der Waals surface area contributed by atoms with Crippen molar-refractivity contribution in [2.75, 3.05) is 0 Å². The van der Waals surface area contributed by atoms with Crippen LogP contribution in [0.1, 0.15) is 43.6 Å². The van der Waals surface area contributed by atoms with E-state index in [0.29, 0.717) is 0 Å². The first-order valence-corrected chi connectivity index (χ1v) is 18.4. The normalized spacial score (nSPS) is 12.3. The van der Waals surface area contributed by atoms with E-state index in [0.717, 1.165) is 45.1 Å². The van der Waals surface area contributed by atoms with E-state index in [-0.39, 0.29) is 20.1 Å². The van der Waals surface area contributed by atoms with Crippen LogP contribution < -0.4 is 4.57 Å². The molecule has 8 aromatic rings. The zero-order valence-corrected chi connectivity index (χ0v) is 32.6. The van der Waals surface area contributed by atoms with E-state index in [1.807, 2.05) is 89.8 Å². The van der Waals surface area contributed by atoms with Gasteiger partial charge in [0.1, 0.15) is 5.69 Å². The van der Waals surface area contributed by atoms with Crippen LogP contribution in [0.2, 0.25) is 0 Å². The van der Waals surface area contributed by atoms with Crippen molar-refractivity contribution in [3.63, 3.8) is 0 Å². The van der Waals surface area contributed by atoms with Crippen LogP contribution in [0.3, 0.4) is 0 Å². The summed E-state index contributed by atoms with van der Waals surface area (Å²) in [6, 6.07) is 63.3. The maximum absolute atomic E-state index is 4.58. The average Bonchev–Trinajstić information content (AvgIpc) is 3.25. The van der Waals surface area contributed by atoms with E-state index >= 15 is 0 Å². The number of hydrogen-bond acceptors (Lipinski definition) is 2. The maximum Gasteiger partial charge on any atom is 0.115 e. The van der Waals surface area contributed by atoms with Crippen molar-refractivity contribution in [1.29, 1.82) is 0 Å². The van der Waals surface area contributed by atoms with Crippen LogP contribution in [0.15, 0.2) is 176 Å². The third-order valence-electron chi connectivity index (χ3n) is 9.57. The Morgan fingerprint density at radius 1 is 0.556 bits per heavy atom. The molecule has 1 aliphatic carbocycles. The molecule has 0 unspecified atom stereocenters. The first kappa shape index (κ1) is 38.1. The van der Waals surface area contributed by atoms with Gasteiger partial charge in [-0.2, -0.15) is 0 Å². The summed E-state index contributed by atoms with van der Waals surface area (Å²) in [7, 11) is 4.00. The molecule has 269 valence electrons. The van der Waals surface area contributed by atoms with E-state index in [2.05, 4.69) is 120 Å². The molecule has 0 atom stereocenters. The molecule has 3 heterocycles. The average molecular weight is 877 g/mol. The Morgan fingerprint density at radius 3 is 2.11 bits per heavy atom. The van der Waals surface area contributed by atoms with Crippen molar-refractivity contribution in [2.45, 2.75) is 38.0 Å². The first-order valence-electron chi connectivity index (χ1n) is 18.4. The van der Waals surface area contributed by atoms with Crippen molar-refractivity contribution in [2.24, 2.45) is 0 Å². The third-order valence-corrected chi connectivity index (χ3v) is 9.57. The van der Waals surface area contributed by atoms with Gasteiger partial charge in [0.05, 0.1) is 6.20 Å². The predicted molar refractivity (Wildman–Crippen MR) is 217 cm³/mol. The van der Waals surface area contributed by atoms with Gasteiger partial charge in [-0.15, -0.1) is 95.4 Å². The van der Waals surface area contributed by atoms with Gasteiger partial charge < -0.3 is 9.55 Å². The standard InChI is InChI=1S/C21H20N.C18H14N.C11H8N.Ir/c1-2-6-16(7-3-1)19-12-13-22-21(15-19)20-11-10-17-8-4-5-9-18(17)14-20;1-19-13-6-5-12-18(19)17-11-7-10-16(14-17)15-8-3-2-4-9-15;1-2-6-10(7-3-1)11-8-4-5-9-12-11;/h4-5,8-13,15-16H,1-3,6-7H2;2-10,12-14H,1H2;1-6,8-9H;/q3*-1;. The summed E-state index contributed by atoms with van der Waals surface area (Å²) in [5.74, 6) is 0.718. The minimum absolute atomic E-state index is 0. The molecule has 9 rings (SSSR count). The maximum atomic E-state index is 4.58. The Bertz CT molecular complexity index is 2300. The van der Waals surface area contributed by atoms with E-state index in [9.17, 15) is 0 Å². The minimum atomic E-state index is 0. The summed E-state index contributed by atoms with van der Waals surface area (Å²) in [5, 5.41) is 2.39. The Labute approximate surface area is 333 Å². The topological polar surface area (TPSA) is 29.7 Å². The smallest absolute Gasteiger partial charge is 0.115 e. The van der Waals surface area contributed by atoms with Crippen LogP contribution in [-0.2, 0) is 20.1 Å². The Kier molecular flexibility index (Phi) is 13.7. The fourth-order valence-electron chi connectivity index (χ4n) is 6.77. The number of pyridine rings is 3. The SMILES string of the molecule is [CH2-][n+]1ccccc1-c1[c-]ccc(-c2ccccc2)c1.[Ir].[c-]1c(-c2cc(C3CCCCC3)ccn2)ccc2ccccc12.[c-]1ccccc1-c1ccccn1. The van der Waals surface area contributed by atoms with Gasteiger partial charge in [-0.3, -0.25) is 4.98 Å². The van der Waals surface area contributed by atoms with Gasteiger partial charge in [-0.1, -0.05) is 115 Å². The van der Waals surface area contributed by atoms with Crippen LogP contribution in [0.25, 0.3) is 55.7 Å². The van der Waals surface area contributed by atoms with Crippen molar-refractivity contribution in [3.8, 4) is 44.9 Å². The minimum Gasteiger partial charge on any atom is -0.321 e. The zero-order chi connectivity index (χ0) is 36.1. The van der Waals surface area contributed by atoms with Gasteiger partial charge in [0.15, 0.2) is 0 Å². The van der Waals surface area contributed by atoms with Gasteiger partial charge in [0, 0.05) is 45.2 Å². The van der Waals surface area contributed by atoms with E-state index in [1.165, 1.54) is 54.2 Å². The fourth-order valence-corrected chi connectivity index (χ4v) is 6.77. The van der Waals surface area contributed by atoms with Crippen LogP contribution in [0.4, 0.5) is 0 Å². The summed E-state index contributed by atoms with van der Waals surface area (Å²) in [6.07, 6.45) is 12.5. The van der Waals surface area contributed by atoms with Gasteiger partial charge in [-0.05, 0) is 53.8 Å². The van der Waals surface area contributed by atoms with Crippen molar-refractivity contribution in [1.82, 2.24) is 9.97 Å². The molecule has 0 spiro atoms. The zero-order valence-electron chi connectivity index (χ0n) is 30.2. The summed E-state index contributed by atoms with van der Waals surface area (Å²) in [4.78, 5) is 8.80. The Morgan fingerprint density at radius 2 is 1.31 bits per heavy atom. The van der Waals surface area contributed by atoms with E-state index < -0.39 is 0 Å². The molecule has 1 radical (unpaired) electrons. The molecule has 4 heteroatoms. The molecule has 1 fully saturated rings. The quantitative estimate of drug-likeness (QED) is 0.127. The Balaban J connectivity index is 0.000000143. The number of benzene rings is 5. The molecule has 0 saturated heterocycles. The summed E-state index contributed by atoms with van der Waals surface area (Å²) in [5.41, 5.74) is 10.1. The molecule has 0 amide bonds. The van der Waals surface area contributed by atoms with Crippen molar-refractivity contribution >= 4 is 10.8 Å². The predicted octanol–water partition coefficient (Wildman–Crippen LogP) is 12.0. The van der Waals surface area contributed by atoms with Crippen molar-refractivity contribution in [3.05, 3.63) is 207 Å². The van der Waals surface area contributed by atoms with Gasteiger partial charge in [0.25, 0.3) is 0 Å². The van der Waals surface area contributed by atoms with Crippen LogP contribution in [0, 0.1) is 25.2 Å². The largest absolute Gasteiger partial charge is 0.321 e. The molecule has 3 nitrogen and oxygen atoms in total. The molecule has 0 N–H and O–H groups in total. The number of nitrogens with zero attached hydrogens (tertiary/aromatic N) is 3. The van der Waals surface area contributed by atoms with E-state index in [1.54, 1.807) is 6.20 Å². The van der Waals surface area contributed by atoms with Gasteiger partial charge in [0.2, 0.25) is 0 Å². The number of fused-ring (bicyclic) bond motifs is 1. The molecule has 0 bridgehead atoms. The molecular weight excluding hydrogens is 835 g/mol. The molecule has 3 aromatic heterocycles. The molecule has 54 heavy (non-hydrogen) atoms. The van der Waals surface area contributed by atoms with Gasteiger partial charge in [-0.25, -0.2) is 0 Å². The second kappa shape index (κ2) is 19.4. The molecular formula is C50H42IrN3-3. The fraction of sp³-hybridized carbons (Fsp3) is 0.120. The first-order chi connectivity index (χ1) is 26.2. The van der Waals surface area contributed by atoms with Crippen LogP contribution in [-0.4, -0.2) is 9.97 Å². The molecule has 1 aliphatic rings. The third kappa shape index (κ3) is 10.0. The second-order valence-electron chi connectivity index (χ2n) is 13.2. The number of hydrogen-bond donors (Lipinski definition) is 0. The molecule has 5 aromatic carbocycles. The van der Waals surface area contributed by atoms with Crippen LogP contribution in [0.5, 0.6) is 0 Å². The van der Waals surface area contributed by atoms with Crippen molar-refractivity contribution < 1.29 is 24.7 Å². The number of aromatic nitrogens is 3. The Hall–Kier alpha value is -5.67. The summed E-state index contributed by atoms with van der Waals surface area (Å²) in [6.45, 7) is 0. The number of rotatable bonds is 5. The van der Waals surface area contributed by atoms with Crippen LogP contribution >= 0.6 is 0 Å². The van der Waals surface area contributed by atoms with Gasteiger partial charge >= 0.3 is 0 Å². The summed E-state index contributed by atoms with van der Waals surface area (Å²) >= 11 is 0. The summed E-state index contributed by atoms with van der Waals surface area (Å²) < 4.78 is 1.86. The second-order valence-corrected chi connectivity index (χ2v) is 13.2. The van der Waals surface area contributed by atoms with E-state index in [4.69, 9.17) is 0 Å².